The van der Waals surface area contributed by atoms with E-state index < -0.39 is 33.6 Å². The maximum atomic E-state index is 9.78. The van der Waals surface area contributed by atoms with Crippen LogP contribution in [-0.2, 0) is 98.9 Å². The second-order valence-electron chi connectivity index (χ2n) is 3.52. The van der Waals surface area contributed by atoms with Gasteiger partial charge in [0.2, 0.25) is 0 Å². The lowest BCUT2D eigenvalue weighted by Gasteiger charge is -2.31. The quantitative estimate of drug-likeness (QED) is 0.315. The normalized spacial score (nSPS) is 23.8. The fourth-order valence-corrected chi connectivity index (χ4v) is 16.0. The first kappa shape index (κ1) is 28.8. The summed E-state index contributed by atoms with van der Waals surface area (Å²) in [5.74, 6) is 0. The van der Waals surface area contributed by atoms with Gasteiger partial charge in [0.05, 0.1) is 0 Å². The van der Waals surface area contributed by atoms with Crippen LogP contribution < -0.4 is 0 Å². The molecule has 0 aliphatic heterocycles. The molecule has 2 N–H and O–H groups in total. The highest BCUT2D eigenvalue weighted by molar-refractivity contribution is 8.20. The summed E-state index contributed by atoms with van der Waals surface area (Å²) in [5.41, 5.74) is 0. The van der Waals surface area contributed by atoms with Crippen molar-refractivity contribution in [3.05, 3.63) is 0 Å². The second-order valence-corrected chi connectivity index (χ2v) is 19.3. The Balaban J connectivity index is 5.66. The molecule has 0 aromatic heterocycles. The highest BCUT2D eigenvalue weighted by atomic mass is 32.5. The van der Waals surface area contributed by atoms with Gasteiger partial charge in [-0.05, 0) is 59.0 Å². The van der Waals surface area contributed by atoms with E-state index >= 15 is 0 Å². The van der Waals surface area contributed by atoms with E-state index in [9.17, 15) is 9.79 Å². The van der Waals surface area contributed by atoms with Crippen molar-refractivity contribution in [3.8, 4) is 0 Å². The van der Waals surface area contributed by atoms with Gasteiger partial charge in [-0.15, -0.1) is 0 Å². The average Bonchev–Trinajstić information content (AvgIpc) is 2.53. The zero-order valence-electron chi connectivity index (χ0n) is 13.8. The highest BCUT2D eigenvalue weighted by Crippen LogP contribution is 2.77. The Kier molecular flexibility index (Phi) is 12.7. The Morgan fingerprint density at radius 2 is 0.692 bits per heavy atom. The smallest absolute Gasteiger partial charge is 0.324 e. The van der Waals surface area contributed by atoms with Gasteiger partial charge in [-0.1, -0.05) is 0 Å². The van der Waals surface area contributed by atoms with Gasteiger partial charge in [0.1, 0.15) is 0 Å². The molecular formula is C5H17O11P5S5. The first-order chi connectivity index (χ1) is 11.6. The van der Waals surface area contributed by atoms with Crippen LogP contribution in [0.4, 0.5) is 0 Å². The first-order valence-electron chi connectivity index (χ1n) is 5.73. The summed E-state index contributed by atoms with van der Waals surface area (Å²) in [6, 6.07) is 0. The molecule has 0 rings (SSSR count). The minimum Gasteiger partial charge on any atom is -0.324 e. The maximum absolute atomic E-state index is 9.78. The topological polar surface area (TPSA) is 124 Å². The molecule has 0 aliphatic carbocycles. The molecule has 0 heterocycles. The molecule has 0 saturated heterocycles. The van der Waals surface area contributed by atoms with Crippen LogP contribution in [0.15, 0.2) is 0 Å². The molecule has 4 unspecified atom stereocenters. The molecule has 0 aromatic carbocycles. The fraction of sp³-hybridized carbons (Fsp3) is 1.00. The summed E-state index contributed by atoms with van der Waals surface area (Å²) < 4.78 is 45.0. The maximum Gasteiger partial charge on any atom is 0.341 e. The van der Waals surface area contributed by atoms with Gasteiger partial charge >= 0.3 is 33.6 Å². The fourth-order valence-electron chi connectivity index (χ4n) is 0.809. The number of hydrogen-bond donors (Lipinski definition) is 2. The van der Waals surface area contributed by atoms with E-state index in [4.69, 9.17) is 89.8 Å². The van der Waals surface area contributed by atoms with Crippen molar-refractivity contribution in [2.75, 3.05) is 35.5 Å². The summed E-state index contributed by atoms with van der Waals surface area (Å²) >= 11 is 24.7. The van der Waals surface area contributed by atoms with Crippen molar-refractivity contribution < 1.29 is 49.6 Å². The Bertz CT molecular complexity index is 659. The van der Waals surface area contributed by atoms with Gasteiger partial charge in [0.25, 0.3) is 0 Å². The third-order valence-corrected chi connectivity index (χ3v) is 17.7. The third kappa shape index (κ3) is 10.2. The molecule has 0 amide bonds. The lowest BCUT2D eigenvalue weighted by molar-refractivity contribution is 0.231. The molecule has 21 heteroatoms. The summed E-state index contributed by atoms with van der Waals surface area (Å²) in [4.78, 5) is 19.6. The number of rotatable bonds is 13. The lowest BCUT2D eigenvalue weighted by atomic mass is 11.8. The molecule has 11 nitrogen and oxygen atoms in total. The molecule has 26 heavy (non-hydrogen) atoms. The molecule has 0 bridgehead atoms. The first-order valence-corrected chi connectivity index (χ1v) is 18.6. The summed E-state index contributed by atoms with van der Waals surface area (Å²) in [5, 5.41) is 0. The minimum atomic E-state index is -3.84. The Labute approximate surface area is 177 Å². The van der Waals surface area contributed by atoms with Crippen molar-refractivity contribution >= 4 is 92.6 Å². The van der Waals surface area contributed by atoms with Gasteiger partial charge in [-0.2, -0.15) is 0 Å². The predicted molar refractivity (Wildman–Crippen MR) is 115 cm³/mol. The van der Waals surface area contributed by atoms with Crippen LogP contribution in [0.25, 0.3) is 0 Å². The number of hydrogen-bond acceptors (Lipinski definition) is 14. The summed E-state index contributed by atoms with van der Waals surface area (Å²) in [6.45, 7) is -18.9. The van der Waals surface area contributed by atoms with Crippen molar-refractivity contribution in [2.24, 2.45) is 0 Å². The van der Waals surface area contributed by atoms with Crippen LogP contribution in [0, 0.1) is 0 Å². The summed E-state index contributed by atoms with van der Waals surface area (Å²) in [6.07, 6.45) is 0. The molecule has 0 fully saturated rings. The van der Waals surface area contributed by atoms with E-state index in [2.05, 4.69) is 9.05 Å². The van der Waals surface area contributed by atoms with Crippen LogP contribution in [-0.4, -0.2) is 45.3 Å². The molecule has 0 aromatic rings. The van der Waals surface area contributed by atoms with E-state index in [1.54, 1.807) is 0 Å². The van der Waals surface area contributed by atoms with Crippen LogP contribution in [0.2, 0.25) is 0 Å². The average molecular weight is 568 g/mol. The third-order valence-electron chi connectivity index (χ3n) is 1.94. The van der Waals surface area contributed by atoms with Crippen LogP contribution in [0.5, 0.6) is 0 Å². The Morgan fingerprint density at radius 3 is 0.885 bits per heavy atom. The van der Waals surface area contributed by atoms with Gasteiger partial charge < -0.3 is 32.4 Å². The Morgan fingerprint density at radius 1 is 0.462 bits per heavy atom. The van der Waals surface area contributed by atoms with Crippen LogP contribution >= 0.6 is 33.6 Å². The predicted octanol–water partition coefficient (Wildman–Crippen LogP) is 3.39. The van der Waals surface area contributed by atoms with Crippen molar-refractivity contribution in [1.82, 2.24) is 0 Å². The molecule has 4 atom stereocenters. The minimum absolute atomic E-state index is 1.11. The molecular weight excluding hydrogens is 551 g/mol. The van der Waals surface area contributed by atoms with E-state index in [-0.39, 0.29) is 0 Å². The summed E-state index contributed by atoms with van der Waals surface area (Å²) in [7, 11) is 5.60. The van der Waals surface area contributed by atoms with E-state index in [0.717, 1.165) is 35.5 Å². The zero-order valence-corrected chi connectivity index (χ0v) is 22.4. The van der Waals surface area contributed by atoms with E-state index in [0.29, 0.717) is 0 Å². The largest absolute Gasteiger partial charge is 0.341 e. The van der Waals surface area contributed by atoms with Gasteiger partial charge in [0, 0.05) is 35.5 Å². The standard InChI is InChI=1S/C5H17O11P5S5/c1-8-17(6,22)13-19(24,10-3)15-21(26,12-5)16-20(25,11-4)14-18(7,23)9-2/h1-5H3,(H,6,22)(H,7,23). The van der Waals surface area contributed by atoms with Crippen molar-refractivity contribution in [2.45, 2.75) is 0 Å². The van der Waals surface area contributed by atoms with Crippen LogP contribution in [0.1, 0.15) is 0 Å². The molecule has 158 valence electrons. The van der Waals surface area contributed by atoms with Gasteiger partial charge in [-0.3, -0.25) is 0 Å². The Hall–Kier alpha value is 2.81. The van der Waals surface area contributed by atoms with E-state index in [1.807, 2.05) is 0 Å². The zero-order chi connectivity index (χ0) is 20.9. The molecule has 0 radical (unpaired) electrons. The van der Waals surface area contributed by atoms with Crippen LogP contribution in [0.3, 0.4) is 0 Å². The highest BCUT2D eigenvalue weighted by Gasteiger charge is 2.42. The van der Waals surface area contributed by atoms with Gasteiger partial charge in [0.15, 0.2) is 0 Å². The molecule has 0 aliphatic rings. The monoisotopic (exact) mass is 568 g/mol. The second kappa shape index (κ2) is 11.4. The SMILES string of the molecule is COP(O)(=S)OP(=S)(OC)OP(=S)(OC)OP(=S)(OC)OP(O)(=S)OC. The molecule has 0 spiro atoms. The molecule has 0 saturated carbocycles. The lowest BCUT2D eigenvalue weighted by Crippen LogP contribution is -2.02. The van der Waals surface area contributed by atoms with Gasteiger partial charge in [-0.25, -0.2) is 17.2 Å². The van der Waals surface area contributed by atoms with Crippen molar-refractivity contribution in [3.63, 3.8) is 0 Å². The van der Waals surface area contributed by atoms with Crippen molar-refractivity contribution in [1.29, 1.82) is 0 Å². The van der Waals surface area contributed by atoms with E-state index in [1.165, 1.54) is 0 Å².